The first kappa shape index (κ1) is 23.1. The van der Waals surface area contributed by atoms with Crippen molar-refractivity contribution in [2.24, 2.45) is 28.6 Å². The lowest BCUT2D eigenvalue weighted by Crippen LogP contribution is -2.69. The highest BCUT2D eigenvalue weighted by Crippen LogP contribution is 2.72. The van der Waals surface area contributed by atoms with Crippen LogP contribution in [0.15, 0.2) is 40.4 Å². The van der Waals surface area contributed by atoms with E-state index in [1.54, 1.807) is 18.1 Å². The number of carboxylic acid groups (broad SMARTS) is 1. The molecule has 1 aromatic rings. The van der Waals surface area contributed by atoms with E-state index in [1.165, 1.54) is 12.2 Å². The second kappa shape index (κ2) is 7.14. The van der Waals surface area contributed by atoms with Gasteiger partial charge in [-0.3, -0.25) is 9.63 Å². The fourth-order valence-electron chi connectivity index (χ4n) is 8.53. The van der Waals surface area contributed by atoms with Gasteiger partial charge in [0.25, 0.3) is 0 Å². The van der Waals surface area contributed by atoms with E-state index in [-0.39, 0.29) is 24.0 Å². The SMILES string of the molecule is Cc1ccc(CN2C[C@@H]3C[C@H]4[C@@H]5CCC6=CC(=O)C=C[C@]6(C)[C@@]5(F)[C@@H](O)C[C@]4(C)[C@]3(C(=O)O)O2)o1. The van der Waals surface area contributed by atoms with Gasteiger partial charge >= 0.3 is 5.97 Å². The summed E-state index contributed by atoms with van der Waals surface area (Å²) in [5.74, 6) is -0.905. The van der Waals surface area contributed by atoms with Crippen molar-refractivity contribution < 1.29 is 33.4 Å². The number of aliphatic hydroxyl groups is 1. The summed E-state index contributed by atoms with van der Waals surface area (Å²) in [6.45, 7) is 6.21. The number of aryl methyl sites for hydroxylation is 1. The van der Waals surface area contributed by atoms with E-state index in [9.17, 15) is 19.8 Å². The third-order valence-electron chi connectivity index (χ3n) is 10.1. The van der Waals surface area contributed by atoms with Crippen LogP contribution < -0.4 is 0 Å². The number of nitrogens with zero attached hydrogens (tertiary/aromatic N) is 1. The van der Waals surface area contributed by atoms with E-state index in [0.29, 0.717) is 43.7 Å². The number of halogens is 1. The van der Waals surface area contributed by atoms with Crippen molar-refractivity contribution in [2.45, 2.75) is 70.4 Å². The maximum atomic E-state index is 17.3. The molecule has 0 bridgehead atoms. The Balaban J connectivity index is 1.37. The molecule has 188 valence electrons. The van der Waals surface area contributed by atoms with Gasteiger partial charge in [0.05, 0.1) is 12.6 Å². The normalized spacial score (nSPS) is 46.5. The molecule has 0 aromatic carbocycles. The average molecular weight is 486 g/mol. The van der Waals surface area contributed by atoms with E-state index < -0.39 is 40.1 Å². The van der Waals surface area contributed by atoms with Crippen LogP contribution in [0.25, 0.3) is 0 Å². The zero-order valence-corrected chi connectivity index (χ0v) is 20.3. The lowest BCUT2D eigenvalue weighted by molar-refractivity contribution is -0.275. The maximum absolute atomic E-state index is 17.3. The van der Waals surface area contributed by atoms with Gasteiger partial charge in [-0.25, -0.2) is 9.18 Å². The smallest absolute Gasteiger partial charge is 0.339 e. The van der Waals surface area contributed by atoms with Gasteiger partial charge in [-0.2, -0.15) is 5.06 Å². The molecule has 2 N–H and O–H groups in total. The van der Waals surface area contributed by atoms with Gasteiger partial charge in [0.1, 0.15) is 11.5 Å². The molecule has 4 aliphatic carbocycles. The van der Waals surface area contributed by atoms with Crippen molar-refractivity contribution in [3.8, 4) is 0 Å². The zero-order chi connectivity index (χ0) is 25.0. The molecule has 2 heterocycles. The summed E-state index contributed by atoms with van der Waals surface area (Å²) in [4.78, 5) is 31.2. The van der Waals surface area contributed by atoms with Crippen LogP contribution in [-0.2, 0) is 21.0 Å². The van der Waals surface area contributed by atoms with Gasteiger partial charge < -0.3 is 14.6 Å². The lowest BCUT2D eigenvalue weighted by atomic mass is 9.45. The minimum absolute atomic E-state index is 0.0220. The summed E-state index contributed by atoms with van der Waals surface area (Å²) >= 11 is 0. The van der Waals surface area contributed by atoms with Crippen molar-refractivity contribution in [3.05, 3.63) is 47.5 Å². The highest BCUT2D eigenvalue weighted by molar-refractivity contribution is 6.01. The largest absolute Gasteiger partial charge is 0.479 e. The van der Waals surface area contributed by atoms with Gasteiger partial charge in [-0.1, -0.05) is 18.6 Å². The first-order valence-corrected chi connectivity index (χ1v) is 12.5. The fraction of sp³-hybridized carbons (Fsp3) is 0.630. The minimum atomic E-state index is -1.98. The number of furan rings is 1. The molecule has 1 aliphatic heterocycles. The number of carboxylic acids is 1. The molecule has 4 fully saturated rings. The van der Waals surface area contributed by atoms with Crippen molar-refractivity contribution in [3.63, 3.8) is 0 Å². The highest BCUT2D eigenvalue weighted by Gasteiger charge is 2.79. The van der Waals surface area contributed by atoms with Crippen molar-refractivity contribution in [1.29, 1.82) is 0 Å². The number of alkyl halides is 1. The Hall–Kier alpha value is -2.29. The molecule has 0 amide bonds. The molecule has 3 saturated carbocycles. The summed E-state index contributed by atoms with van der Waals surface area (Å²) < 4.78 is 22.9. The minimum Gasteiger partial charge on any atom is -0.479 e. The molecule has 7 nitrogen and oxygen atoms in total. The number of rotatable bonds is 3. The third kappa shape index (κ3) is 2.71. The van der Waals surface area contributed by atoms with Crippen LogP contribution >= 0.6 is 0 Å². The highest BCUT2D eigenvalue weighted by atomic mass is 19.1. The number of fused-ring (bicyclic) bond motifs is 7. The molecular weight excluding hydrogens is 453 g/mol. The lowest BCUT2D eigenvalue weighted by Gasteiger charge is -2.62. The third-order valence-corrected chi connectivity index (χ3v) is 10.1. The molecule has 1 aromatic heterocycles. The Morgan fingerprint density at radius 3 is 2.74 bits per heavy atom. The van der Waals surface area contributed by atoms with Gasteiger partial charge in [0.2, 0.25) is 0 Å². The Morgan fingerprint density at radius 1 is 1.29 bits per heavy atom. The van der Waals surface area contributed by atoms with Crippen LogP contribution in [0.4, 0.5) is 4.39 Å². The van der Waals surface area contributed by atoms with Crippen LogP contribution in [-0.4, -0.2) is 50.9 Å². The molecular formula is C27H32FNO6. The van der Waals surface area contributed by atoms with Gasteiger partial charge in [-0.05, 0) is 69.7 Å². The number of carbonyl (C=O) groups is 2. The molecule has 0 unspecified atom stereocenters. The molecule has 35 heavy (non-hydrogen) atoms. The Labute approximate surface area is 203 Å². The van der Waals surface area contributed by atoms with Gasteiger partial charge in [0, 0.05) is 29.2 Å². The van der Waals surface area contributed by atoms with E-state index >= 15 is 4.39 Å². The Bertz CT molecular complexity index is 1170. The second-order valence-corrected chi connectivity index (χ2v) is 11.7. The number of ketones is 1. The predicted octanol–water partition coefficient (Wildman–Crippen LogP) is 3.76. The summed E-state index contributed by atoms with van der Waals surface area (Å²) in [5, 5.41) is 23.7. The molecule has 6 rings (SSSR count). The van der Waals surface area contributed by atoms with Crippen molar-refractivity contribution in [2.75, 3.05) is 6.54 Å². The van der Waals surface area contributed by atoms with Crippen molar-refractivity contribution >= 4 is 11.8 Å². The van der Waals surface area contributed by atoms with Crippen LogP contribution in [0.3, 0.4) is 0 Å². The molecule has 5 aliphatic rings. The van der Waals surface area contributed by atoms with Gasteiger partial charge in [0.15, 0.2) is 17.1 Å². The van der Waals surface area contributed by atoms with E-state index in [1.807, 2.05) is 26.0 Å². The molecule has 0 spiro atoms. The number of hydrogen-bond donors (Lipinski definition) is 2. The summed E-state index contributed by atoms with van der Waals surface area (Å²) in [6.07, 6.45) is 4.65. The maximum Gasteiger partial charge on any atom is 0.339 e. The monoisotopic (exact) mass is 485 g/mol. The first-order chi connectivity index (χ1) is 16.5. The topological polar surface area (TPSA) is 100 Å². The number of aliphatic carboxylic acids is 1. The fourth-order valence-corrected chi connectivity index (χ4v) is 8.53. The summed E-state index contributed by atoms with van der Waals surface area (Å²) in [6, 6.07) is 3.71. The molecule has 0 radical (unpaired) electrons. The molecule has 8 atom stereocenters. The van der Waals surface area contributed by atoms with E-state index in [2.05, 4.69) is 0 Å². The quantitative estimate of drug-likeness (QED) is 0.673. The number of hydroxylamine groups is 2. The van der Waals surface area contributed by atoms with Gasteiger partial charge in [-0.15, -0.1) is 0 Å². The predicted molar refractivity (Wildman–Crippen MR) is 123 cm³/mol. The van der Waals surface area contributed by atoms with Crippen molar-refractivity contribution in [1.82, 2.24) is 5.06 Å². The average Bonchev–Trinajstić information content (AvgIpc) is 3.43. The standard InChI is InChI=1S/C27H32FNO6/c1-15-4-6-19(34-15)14-29-13-17-11-21-20-7-5-16-10-18(30)8-9-24(16,2)26(20,28)22(31)12-25(21,3)27(17,35-29)23(32)33/h4,6,8-10,17,20-22,31H,5,7,11-14H2,1-3H3,(H,32,33)/t17-,20-,21-,22-,24-,25-,26-,27-/m0/s1. The molecule has 8 heteroatoms. The van der Waals surface area contributed by atoms with Crippen LogP contribution in [0.2, 0.25) is 0 Å². The first-order valence-electron chi connectivity index (χ1n) is 12.5. The Kier molecular flexibility index (Phi) is 4.72. The number of hydrogen-bond acceptors (Lipinski definition) is 6. The molecule has 1 saturated heterocycles. The van der Waals surface area contributed by atoms with E-state index in [0.717, 1.165) is 5.76 Å². The van der Waals surface area contributed by atoms with Crippen LogP contribution in [0.1, 0.15) is 51.1 Å². The number of carbonyl (C=O) groups excluding carboxylic acids is 1. The Morgan fingerprint density at radius 2 is 2.06 bits per heavy atom. The zero-order valence-electron chi connectivity index (χ0n) is 20.3. The number of aliphatic hydroxyl groups excluding tert-OH is 1. The number of allylic oxidation sites excluding steroid dienone is 4. The second-order valence-electron chi connectivity index (χ2n) is 11.7. The van der Waals surface area contributed by atoms with Crippen LogP contribution in [0.5, 0.6) is 0 Å². The van der Waals surface area contributed by atoms with Crippen LogP contribution in [0, 0.1) is 35.5 Å². The summed E-state index contributed by atoms with van der Waals surface area (Å²) in [7, 11) is 0. The summed E-state index contributed by atoms with van der Waals surface area (Å²) in [5.41, 5.74) is -4.86. The van der Waals surface area contributed by atoms with E-state index in [4.69, 9.17) is 9.25 Å².